The molecule has 28 heavy (non-hydrogen) atoms. The summed E-state index contributed by atoms with van der Waals surface area (Å²) in [5.41, 5.74) is 4.59. The highest BCUT2D eigenvalue weighted by Crippen LogP contribution is 2.19. The van der Waals surface area contributed by atoms with E-state index in [-0.39, 0.29) is 5.91 Å². The number of carbonyl (C=O) groups is 2. The van der Waals surface area contributed by atoms with Crippen molar-refractivity contribution in [2.45, 2.75) is 13.8 Å². The van der Waals surface area contributed by atoms with Crippen molar-refractivity contribution < 1.29 is 14.3 Å². The van der Waals surface area contributed by atoms with E-state index in [2.05, 4.69) is 15.6 Å². The Morgan fingerprint density at radius 1 is 0.893 bits per heavy atom. The number of anilines is 3. The molecule has 0 atom stereocenters. The molecule has 0 saturated heterocycles. The Labute approximate surface area is 163 Å². The van der Waals surface area contributed by atoms with Crippen molar-refractivity contribution in [3.63, 3.8) is 0 Å². The fourth-order valence-corrected chi connectivity index (χ4v) is 2.65. The van der Waals surface area contributed by atoms with Crippen molar-refractivity contribution in [2.75, 3.05) is 17.7 Å². The Hall–Kier alpha value is -3.67. The van der Waals surface area contributed by atoms with E-state index in [0.29, 0.717) is 22.6 Å². The van der Waals surface area contributed by atoms with Gasteiger partial charge in [0.25, 0.3) is 5.91 Å². The number of nitrogens with zero attached hydrogens (tertiary/aromatic N) is 1. The molecule has 0 unspecified atom stereocenters. The molecule has 1 heterocycles. The second-order valence-electron chi connectivity index (χ2n) is 6.38. The average Bonchev–Trinajstić information content (AvgIpc) is 2.70. The maximum Gasteiger partial charge on any atom is 0.337 e. The Morgan fingerprint density at radius 3 is 2.46 bits per heavy atom. The van der Waals surface area contributed by atoms with Gasteiger partial charge in [-0.05, 0) is 67.4 Å². The standard InChI is InChI=1S/C22H21N3O3/c1-14-7-8-19(11-15(14)2)25-21(26)16-9-10-23-20(13-16)24-18-6-4-5-17(12-18)22(27)28-3/h4-13H,1-3H3,(H,23,24)(H,25,26). The first-order valence-electron chi connectivity index (χ1n) is 8.76. The van der Waals surface area contributed by atoms with Gasteiger partial charge in [0, 0.05) is 23.1 Å². The molecule has 0 aliphatic carbocycles. The number of ether oxygens (including phenoxy) is 1. The van der Waals surface area contributed by atoms with Gasteiger partial charge in [-0.25, -0.2) is 9.78 Å². The van der Waals surface area contributed by atoms with E-state index in [1.165, 1.54) is 12.7 Å². The fraction of sp³-hybridized carbons (Fsp3) is 0.136. The summed E-state index contributed by atoms with van der Waals surface area (Å²) in [5.74, 6) is -0.148. The lowest BCUT2D eigenvalue weighted by molar-refractivity contribution is 0.0600. The fourth-order valence-electron chi connectivity index (χ4n) is 2.65. The number of benzene rings is 2. The third-order valence-corrected chi connectivity index (χ3v) is 4.34. The van der Waals surface area contributed by atoms with Crippen LogP contribution in [0.3, 0.4) is 0 Å². The predicted octanol–water partition coefficient (Wildman–Crippen LogP) is 4.48. The quantitative estimate of drug-likeness (QED) is 0.643. The summed E-state index contributed by atoms with van der Waals surface area (Å²) < 4.78 is 4.73. The van der Waals surface area contributed by atoms with Gasteiger partial charge in [-0.1, -0.05) is 12.1 Å². The van der Waals surface area contributed by atoms with Crippen molar-refractivity contribution >= 4 is 29.1 Å². The Kier molecular flexibility index (Phi) is 5.69. The molecule has 3 rings (SSSR count). The summed E-state index contributed by atoms with van der Waals surface area (Å²) in [6.45, 7) is 4.03. The Morgan fingerprint density at radius 2 is 1.71 bits per heavy atom. The Balaban J connectivity index is 1.75. The first-order valence-corrected chi connectivity index (χ1v) is 8.76. The van der Waals surface area contributed by atoms with E-state index in [4.69, 9.17) is 4.74 Å². The zero-order valence-corrected chi connectivity index (χ0v) is 15.9. The van der Waals surface area contributed by atoms with E-state index < -0.39 is 5.97 Å². The highest BCUT2D eigenvalue weighted by atomic mass is 16.5. The lowest BCUT2D eigenvalue weighted by atomic mass is 10.1. The maximum absolute atomic E-state index is 12.6. The van der Waals surface area contributed by atoms with Crippen LogP contribution >= 0.6 is 0 Å². The summed E-state index contributed by atoms with van der Waals surface area (Å²) in [6, 6.07) is 15.9. The zero-order valence-electron chi connectivity index (χ0n) is 15.9. The number of hydrogen-bond acceptors (Lipinski definition) is 5. The van der Waals surface area contributed by atoms with Crippen LogP contribution in [0.2, 0.25) is 0 Å². The third kappa shape index (κ3) is 4.54. The summed E-state index contributed by atoms with van der Waals surface area (Å²) in [6.07, 6.45) is 1.56. The van der Waals surface area contributed by atoms with Gasteiger partial charge >= 0.3 is 5.97 Å². The number of rotatable bonds is 5. The number of aromatic nitrogens is 1. The molecule has 0 spiro atoms. The number of aryl methyl sites for hydroxylation is 2. The first-order chi connectivity index (χ1) is 13.5. The topological polar surface area (TPSA) is 80.3 Å². The molecule has 142 valence electrons. The molecule has 3 aromatic rings. The molecule has 1 amide bonds. The van der Waals surface area contributed by atoms with Crippen LogP contribution in [0.15, 0.2) is 60.8 Å². The predicted molar refractivity (Wildman–Crippen MR) is 109 cm³/mol. The van der Waals surface area contributed by atoms with E-state index >= 15 is 0 Å². The van der Waals surface area contributed by atoms with Crippen molar-refractivity contribution in [3.05, 3.63) is 83.0 Å². The monoisotopic (exact) mass is 375 g/mol. The van der Waals surface area contributed by atoms with E-state index in [1.807, 2.05) is 32.0 Å². The van der Waals surface area contributed by atoms with Crippen LogP contribution in [0.5, 0.6) is 0 Å². The highest BCUT2D eigenvalue weighted by Gasteiger charge is 2.10. The molecule has 6 nitrogen and oxygen atoms in total. The van der Waals surface area contributed by atoms with Gasteiger partial charge in [0.1, 0.15) is 5.82 Å². The SMILES string of the molecule is COC(=O)c1cccc(Nc2cc(C(=O)Nc3ccc(C)c(C)c3)ccn2)c1. The van der Waals surface area contributed by atoms with Gasteiger partial charge in [0.05, 0.1) is 12.7 Å². The van der Waals surface area contributed by atoms with Crippen LogP contribution in [-0.2, 0) is 4.74 Å². The van der Waals surface area contributed by atoms with Gasteiger partial charge in [-0.15, -0.1) is 0 Å². The first kappa shape index (κ1) is 19.1. The zero-order chi connectivity index (χ0) is 20.1. The number of amides is 1. The molecule has 0 saturated carbocycles. The molecule has 0 bridgehead atoms. The Bertz CT molecular complexity index is 1030. The van der Waals surface area contributed by atoms with Gasteiger partial charge in [0.15, 0.2) is 0 Å². The summed E-state index contributed by atoms with van der Waals surface area (Å²) >= 11 is 0. The van der Waals surface area contributed by atoms with Crippen LogP contribution in [0.25, 0.3) is 0 Å². The van der Waals surface area contributed by atoms with Crippen molar-refractivity contribution in [1.29, 1.82) is 0 Å². The molecular formula is C22H21N3O3. The minimum Gasteiger partial charge on any atom is -0.465 e. The van der Waals surface area contributed by atoms with Crippen LogP contribution in [0.1, 0.15) is 31.8 Å². The number of methoxy groups -OCH3 is 1. The molecular weight excluding hydrogens is 354 g/mol. The van der Waals surface area contributed by atoms with Gasteiger partial charge in [-0.3, -0.25) is 4.79 Å². The van der Waals surface area contributed by atoms with E-state index in [1.54, 1.807) is 42.6 Å². The minimum atomic E-state index is -0.418. The summed E-state index contributed by atoms with van der Waals surface area (Å²) in [5, 5.41) is 5.99. The number of carbonyl (C=O) groups excluding carboxylic acids is 2. The summed E-state index contributed by atoms with van der Waals surface area (Å²) in [4.78, 5) is 28.5. The van der Waals surface area contributed by atoms with Crippen molar-refractivity contribution in [1.82, 2.24) is 4.98 Å². The molecule has 0 radical (unpaired) electrons. The minimum absolute atomic E-state index is 0.225. The third-order valence-electron chi connectivity index (χ3n) is 4.34. The van der Waals surface area contributed by atoms with Crippen LogP contribution < -0.4 is 10.6 Å². The normalized spacial score (nSPS) is 10.2. The molecule has 0 fully saturated rings. The molecule has 2 N–H and O–H groups in total. The van der Waals surface area contributed by atoms with Crippen LogP contribution in [-0.4, -0.2) is 24.0 Å². The smallest absolute Gasteiger partial charge is 0.337 e. The molecule has 1 aromatic heterocycles. The van der Waals surface area contributed by atoms with Gasteiger partial charge in [0.2, 0.25) is 0 Å². The number of hydrogen-bond donors (Lipinski definition) is 2. The lowest BCUT2D eigenvalue weighted by Gasteiger charge is -2.10. The molecule has 0 aliphatic rings. The maximum atomic E-state index is 12.6. The molecule has 6 heteroatoms. The van der Waals surface area contributed by atoms with E-state index in [0.717, 1.165) is 11.3 Å². The number of esters is 1. The molecule has 0 aliphatic heterocycles. The van der Waals surface area contributed by atoms with Gasteiger partial charge in [-0.2, -0.15) is 0 Å². The second-order valence-corrected chi connectivity index (χ2v) is 6.38. The van der Waals surface area contributed by atoms with Gasteiger partial charge < -0.3 is 15.4 Å². The van der Waals surface area contributed by atoms with Crippen LogP contribution in [0, 0.1) is 13.8 Å². The second kappa shape index (κ2) is 8.35. The number of nitrogens with one attached hydrogen (secondary N) is 2. The molecule has 2 aromatic carbocycles. The van der Waals surface area contributed by atoms with Crippen molar-refractivity contribution in [3.8, 4) is 0 Å². The summed E-state index contributed by atoms with van der Waals surface area (Å²) in [7, 11) is 1.33. The lowest BCUT2D eigenvalue weighted by Crippen LogP contribution is -2.12. The average molecular weight is 375 g/mol. The number of pyridine rings is 1. The van der Waals surface area contributed by atoms with Crippen LogP contribution in [0.4, 0.5) is 17.2 Å². The van der Waals surface area contributed by atoms with Crippen molar-refractivity contribution in [2.24, 2.45) is 0 Å². The van der Waals surface area contributed by atoms with E-state index in [9.17, 15) is 9.59 Å². The highest BCUT2D eigenvalue weighted by molar-refractivity contribution is 6.04. The largest absolute Gasteiger partial charge is 0.465 e.